The van der Waals surface area contributed by atoms with E-state index in [9.17, 15) is 14.4 Å². The number of benzene rings is 1. The van der Waals surface area contributed by atoms with E-state index in [0.717, 1.165) is 25.1 Å². The number of carbonyl (C=O) groups excluding carboxylic acids is 1. The van der Waals surface area contributed by atoms with Gasteiger partial charge in [0.2, 0.25) is 5.91 Å². The first-order chi connectivity index (χ1) is 13.9. The molecule has 0 bridgehead atoms. The smallest absolute Gasteiger partial charge is 0.330 e. The molecule has 0 unspecified atom stereocenters. The number of hydrogen-bond acceptors (Lipinski definition) is 5. The average Bonchev–Trinajstić information content (AvgIpc) is 2.69. The Balaban J connectivity index is 1.90. The van der Waals surface area contributed by atoms with E-state index >= 15 is 0 Å². The molecule has 1 fully saturated rings. The highest BCUT2D eigenvalue weighted by Gasteiger charge is 2.26. The van der Waals surface area contributed by atoms with Crippen LogP contribution in [0.15, 0.2) is 39.9 Å². The normalized spacial score (nSPS) is 17.2. The number of likely N-dealkylation sites (tertiary alicyclic amines) is 1. The summed E-state index contributed by atoms with van der Waals surface area (Å²) < 4.78 is 1.30. The van der Waals surface area contributed by atoms with E-state index in [-0.39, 0.29) is 30.5 Å². The minimum atomic E-state index is -0.640. The van der Waals surface area contributed by atoms with Gasteiger partial charge in [0.15, 0.2) is 5.69 Å². The predicted octanol–water partition coefficient (Wildman–Crippen LogP) is 1.25. The van der Waals surface area contributed by atoms with Crippen LogP contribution in [0.1, 0.15) is 32.3 Å². The molecule has 1 atom stereocenters. The second kappa shape index (κ2) is 9.09. The molecule has 1 aliphatic heterocycles. The minimum Gasteiger partial charge on any atom is -0.383 e. The highest BCUT2D eigenvalue weighted by atomic mass is 16.2. The number of carbonyl (C=O) groups is 1. The fraction of sp³-hybridized carbons (Fsp3) is 0.476. The van der Waals surface area contributed by atoms with Gasteiger partial charge in [-0.1, -0.05) is 37.3 Å². The average molecular weight is 399 g/mol. The number of H-pyrrole nitrogens is 1. The molecule has 156 valence electrons. The summed E-state index contributed by atoms with van der Waals surface area (Å²) in [5.74, 6) is 0.362. The number of nitrogens with zero attached hydrogens (tertiary/aromatic N) is 3. The SMILES string of the molecule is CCN(C(=O)CN1CCC[C@H](C)C1)c1c(N)n(Cc2ccccc2)c(=O)[nH]c1=O. The standard InChI is InChI=1S/C21H29N5O3/c1-3-25(17(27)14-24-11-7-8-15(2)12-24)18-19(22)26(21(29)23-20(18)28)13-16-9-5-4-6-10-16/h4-6,9-10,15H,3,7-8,11-14,22H2,1-2H3,(H,23,28,29)/t15-/m0/s1. The maximum absolute atomic E-state index is 13.0. The van der Waals surface area contributed by atoms with E-state index < -0.39 is 11.2 Å². The van der Waals surface area contributed by atoms with Gasteiger partial charge in [-0.15, -0.1) is 0 Å². The Morgan fingerprint density at radius 2 is 2.00 bits per heavy atom. The highest BCUT2D eigenvalue weighted by molar-refractivity contribution is 5.96. The van der Waals surface area contributed by atoms with Crippen LogP contribution in [-0.2, 0) is 11.3 Å². The lowest BCUT2D eigenvalue weighted by molar-refractivity contribution is -0.120. The van der Waals surface area contributed by atoms with Crippen LogP contribution in [0.25, 0.3) is 0 Å². The molecule has 0 radical (unpaired) electrons. The Morgan fingerprint density at radius 1 is 1.28 bits per heavy atom. The summed E-state index contributed by atoms with van der Waals surface area (Å²) in [5, 5.41) is 0. The summed E-state index contributed by atoms with van der Waals surface area (Å²) in [6.07, 6.45) is 2.23. The number of aromatic amines is 1. The molecule has 8 heteroatoms. The van der Waals surface area contributed by atoms with Crippen molar-refractivity contribution in [2.45, 2.75) is 33.2 Å². The van der Waals surface area contributed by atoms with Crippen molar-refractivity contribution in [1.82, 2.24) is 14.5 Å². The van der Waals surface area contributed by atoms with Crippen molar-refractivity contribution in [2.24, 2.45) is 5.92 Å². The summed E-state index contributed by atoms with van der Waals surface area (Å²) in [4.78, 5) is 43.7. The molecule has 1 saturated heterocycles. The Labute approximate surface area is 169 Å². The highest BCUT2D eigenvalue weighted by Crippen LogP contribution is 2.20. The molecule has 2 aromatic rings. The van der Waals surface area contributed by atoms with Gasteiger partial charge in [-0.3, -0.25) is 24.0 Å². The van der Waals surface area contributed by atoms with Gasteiger partial charge in [0.1, 0.15) is 5.82 Å². The molecule has 1 aromatic carbocycles. The van der Waals surface area contributed by atoms with Crippen LogP contribution in [0, 0.1) is 5.92 Å². The Bertz CT molecular complexity index is 967. The number of nitrogen functional groups attached to an aromatic ring is 1. The van der Waals surface area contributed by atoms with Crippen molar-refractivity contribution in [2.75, 3.05) is 36.8 Å². The third kappa shape index (κ3) is 4.76. The number of anilines is 2. The maximum Gasteiger partial charge on any atom is 0.330 e. The Morgan fingerprint density at radius 3 is 2.66 bits per heavy atom. The molecule has 3 rings (SSSR count). The number of piperidine rings is 1. The van der Waals surface area contributed by atoms with E-state index in [4.69, 9.17) is 5.73 Å². The fourth-order valence-electron chi connectivity index (χ4n) is 3.93. The zero-order valence-corrected chi connectivity index (χ0v) is 17.1. The van der Waals surface area contributed by atoms with Crippen LogP contribution in [0.4, 0.5) is 11.5 Å². The number of rotatable bonds is 6. The Kier molecular flexibility index (Phi) is 6.53. The Hall–Kier alpha value is -2.87. The van der Waals surface area contributed by atoms with Crippen LogP contribution in [0.3, 0.4) is 0 Å². The number of aromatic nitrogens is 2. The van der Waals surface area contributed by atoms with Gasteiger partial charge < -0.3 is 10.6 Å². The molecule has 1 aromatic heterocycles. The molecule has 1 aliphatic rings. The van der Waals surface area contributed by atoms with Crippen LogP contribution in [0.2, 0.25) is 0 Å². The van der Waals surface area contributed by atoms with Crippen molar-refractivity contribution in [3.05, 3.63) is 56.7 Å². The van der Waals surface area contributed by atoms with Gasteiger partial charge in [0, 0.05) is 13.1 Å². The monoisotopic (exact) mass is 399 g/mol. The topological polar surface area (TPSA) is 104 Å². The third-order valence-electron chi connectivity index (χ3n) is 5.38. The first-order valence-corrected chi connectivity index (χ1v) is 10.1. The largest absolute Gasteiger partial charge is 0.383 e. The van der Waals surface area contributed by atoms with Gasteiger partial charge >= 0.3 is 5.69 Å². The summed E-state index contributed by atoms with van der Waals surface area (Å²) in [6.45, 7) is 6.44. The van der Waals surface area contributed by atoms with Crippen LogP contribution in [0.5, 0.6) is 0 Å². The summed E-state index contributed by atoms with van der Waals surface area (Å²) >= 11 is 0. The molecule has 0 spiro atoms. The number of hydrogen-bond donors (Lipinski definition) is 2. The first-order valence-electron chi connectivity index (χ1n) is 10.1. The quantitative estimate of drug-likeness (QED) is 0.761. The molecule has 1 amide bonds. The molecule has 2 heterocycles. The number of nitrogens with two attached hydrogens (primary N) is 1. The van der Waals surface area contributed by atoms with Crippen LogP contribution < -0.4 is 21.9 Å². The van der Waals surface area contributed by atoms with Gasteiger partial charge in [0.05, 0.1) is 13.1 Å². The van der Waals surface area contributed by atoms with Crippen molar-refractivity contribution < 1.29 is 4.79 Å². The third-order valence-corrected chi connectivity index (χ3v) is 5.38. The molecular weight excluding hydrogens is 370 g/mol. The number of nitrogens with one attached hydrogen (secondary N) is 1. The molecule has 3 N–H and O–H groups in total. The fourth-order valence-corrected chi connectivity index (χ4v) is 3.93. The predicted molar refractivity (Wildman–Crippen MR) is 114 cm³/mol. The second-order valence-corrected chi connectivity index (χ2v) is 7.69. The maximum atomic E-state index is 13.0. The lowest BCUT2D eigenvalue weighted by Gasteiger charge is -2.32. The van der Waals surface area contributed by atoms with Crippen LogP contribution >= 0.6 is 0 Å². The van der Waals surface area contributed by atoms with Crippen molar-refractivity contribution in [1.29, 1.82) is 0 Å². The molecule has 29 heavy (non-hydrogen) atoms. The summed E-state index contributed by atoms with van der Waals surface area (Å²) in [5.41, 5.74) is 5.92. The zero-order valence-electron chi connectivity index (χ0n) is 17.1. The minimum absolute atomic E-state index is 0.00446. The number of likely N-dealkylation sites (N-methyl/N-ethyl adjacent to an activating group) is 1. The zero-order chi connectivity index (χ0) is 21.0. The van der Waals surface area contributed by atoms with Gasteiger partial charge in [-0.25, -0.2) is 4.79 Å². The second-order valence-electron chi connectivity index (χ2n) is 7.69. The molecular formula is C21H29N5O3. The molecule has 0 aliphatic carbocycles. The van der Waals surface area contributed by atoms with Gasteiger partial charge in [-0.2, -0.15) is 0 Å². The van der Waals surface area contributed by atoms with E-state index in [0.29, 0.717) is 12.5 Å². The van der Waals surface area contributed by atoms with Crippen molar-refractivity contribution >= 4 is 17.4 Å². The lowest BCUT2D eigenvalue weighted by Crippen LogP contribution is -2.47. The van der Waals surface area contributed by atoms with Crippen molar-refractivity contribution in [3.8, 4) is 0 Å². The summed E-state index contributed by atoms with van der Waals surface area (Å²) in [7, 11) is 0. The number of amides is 1. The van der Waals surface area contributed by atoms with Gasteiger partial charge in [-0.05, 0) is 37.8 Å². The van der Waals surface area contributed by atoms with E-state index in [1.807, 2.05) is 30.3 Å². The molecule has 8 nitrogen and oxygen atoms in total. The summed E-state index contributed by atoms with van der Waals surface area (Å²) in [6, 6.07) is 9.36. The van der Waals surface area contributed by atoms with E-state index in [2.05, 4.69) is 16.8 Å². The first kappa shape index (κ1) is 20.9. The van der Waals surface area contributed by atoms with E-state index in [1.54, 1.807) is 6.92 Å². The van der Waals surface area contributed by atoms with Crippen molar-refractivity contribution in [3.63, 3.8) is 0 Å². The lowest BCUT2D eigenvalue weighted by atomic mass is 10.0. The van der Waals surface area contributed by atoms with E-state index in [1.165, 1.54) is 15.9 Å². The molecule has 0 saturated carbocycles. The van der Waals surface area contributed by atoms with Crippen LogP contribution in [-0.4, -0.2) is 46.5 Å². The van der Waals surface area contributed by atoms with Gasteiger partial charge in [0.25, 0.3) is 5.56 Å².